The lowest BCUT2D eigenvalue weighted by Crippen LogP contribution is -2.06. The Bertz CT molecular complexity index is 639. The van der Waals surface area contributed by atoms with Crippen LogP contribution >= 0.6 is 11.3 Å². The van der Waals surface area contributed by atoms with Gasteiger partial charge < -0.3 is 5.73 Å². The van der Waals surface area contributed by atoms with E-state index in [1.807, 2.05) is 11.3 Å². The molecule has 0 bridgehead atoms. The zero-order chi connectivity index (χ0) is 13.5. The Hall–Kier alpha value is -1.16. The van der Waals surface area contributed by atoms with Crippen LogP contribution in [0.5, 0.6) is 0 Å². The highest BCUT2D eigenvalue weighted by Gasteiger charge is 2.24. The van der Waals surface area contributed by atoms with Crippen molar-refractivity contribution in [1.29, 1.82) is 0 Å². The Labute approximate surface area is 123 Å². The maximum absolute atomic E-state index is 6.28. The largest absolute Gasteiger partial charge is 0.383 e. The SMILES string of the molecule is Nc1nc(C2CCCCCC2)nc2sc3c(c12)CCC3. The number of aryl methyl sites for hydroxylation is 2. The Kier molecular flexibility index (Phi) is 3.14. The average molecular weight is 287 g/mol. The highest BCUT2D eigenvalue weighted by Crippen LogP contribution is 2.40. The molecule has 0 spiro atoms. The van der Waals surface area contributed by atoms with E-state index in [4.69, 9.17) is 10.7 Å². The molecule has 0 aliphatic heterocycles. The van der Waals surface area contributed by atoms with E-state index in [9.17, 15) is 0 Å². The fourth-order valence-corrected chi connectivity index (χ4v) is 5.04. The van der Waals surface area contributed by atoms with Crippen molar-refractivity contribution in [3.05, 3.63) is 16.3 Å². The summed E-state index contributed by atoms with van der Waals surface area (Å²) in [5.74, 6) is 2.27. The third kappa shape index (κ3) is 2.01. The van der Waals surface area contributed by atoms with Crippen LogP contribution in [-0.4, -0.2) is 9.97 Å². The minimum absolute atomic E-state index is 0.529. The van der Waals surface area contributed by atoms with Gasteiger partial charge in [-0.1, -0.05) is 25.7 Å². The van der Waals surface area contributed by atoms with Crippen LogP contribution in [0.2, 0.25) is 0 Å². The number of hydrogen-bond acceptors (Lipinski definition) is 4. The second kappa shape index (κ2) is 4.99. The molecule has 2 aromatic heterocycles. The van der Waals surface area contributed by atoms with E-state index < -0.39 is 0 Å². The molecule has 0 atom stereocenters. The Morgan fingerprint density at radius 3 is 2.55 bits per heavy atom. The lowest BCUT2D eigenvalue weighted by molar-refractivity contribution is 0.564. The number of fused-ring (bicyclic) bond motifs is 3. The van der Waals surface area contributed by atoms with Crippen molar-refractivity contribution in [1.82, 2.24) is 9.97 Å². The molecule has 1 saturated carbocycles. The van der Waals surface area contributed by atoms with E-state index in [1.165, 1.54) is 67.2 Å². The van der Waals surface area contributed by atoms with E-state index in [-0.39, 0.29) is 0 Å². The van der Waals surface area contributed by atoms with Crippen LogP contribution in [0.4, 0.5) is 5.82 Å². The van der Waals surface area contributed by atoms with Gasteiger partial charge in [0.25, 0.3) is 0 Å². The molecule has 0 aromatic carbocycles. The third-order valence-electron chi connectivity index (χ3n) is 4.83. The third-order valence-corrected chi connectivity index (χ3v) is 6.02. The van der Waals surface area contributed by atoms with Gasteiger partial charge in [0.2, 0.25) is 0 Å². The molecule has 0 radical (unpaired) electrons. The van der Waals surface area contributed by atoms with Gasteiger partial charge in [0.1, 0.15) is 16.5 Å². The Balaban J connectivity index is 1.78. The molecule has 2 N–H and O–H groups in total. The summed E-state index contributed by atoms with van der Waals surface area (Å²) in [6, 6.07) is 0. The summed E-state index contributed by atoms with van der Waals surface area (Å²) in [4.78, 5) is 12.2. The molecule has 4 rings (SSSR count). The number of nitrogen functional groups attached to an aromatic ring is 1. The van der Waals surface area contributed by atoms with Crippen molar-refractivity contribution in [2.24, 2.45) is 0 Å². The van der Waals surface area contributed by atoms with E-state index >= 15 is 0 Å². The summed E-state index contributed by atoms with van der Waals surface area (Å²) in [5.41, 5.74) is 7.72. The van der Waals surface area contributed by atoms with E-state index in [0.29, 0.717) is 5.92 Å². The summed E-state index contributed by atoms with van der Waals surface area (Å²) >= 11 is 1.85. The van der Waals surface area contributed by atoms with Gasteiger partial charge in [0.05, 0.1) is 5.39 Å². The second-order valence-corrected chi connectivity index (χ2v) is 7.28. The van der Waals surface area contributed by atoms with E-state index in [1.54, 1.807) is 0 Å². The molecular formula is C16H21N3S. The molecule has 20 heavy (non-hydrogen) atoms. The number of aromatic nitrogens is 2. The molecule has 3 nitrogen and oxygen atoms in total. The van der Waals surface area contributed by atoms with Crippen LogP contribution in [0.3, 0.4) is 0 Å². The predicted octanol–water partition coefficient (Wildman–Crippen LogP) is 4.20. The average Bonchev–Trinajstić information content (AvgIpc) is 2.89. The first kappa shape index (κ1) is 12.6. The molecule has 2 aliphatic rings. The molecule has 2 heterocycles. The Morgan fingerprint density at radius 1 is 0.950 bits per heavy atom. The van der Waals surface area contributed by atoms with Crippen LogP contribution in [0.25, 0.3) is 10.2 Å². The van der Waals surface area contributed by atoms with Gasteiger partial charge in [-0.25, -0.2) is 9.97 Å². The number of anilines is 1. The number of hydrogen-bond donors (Lipinski definition) is 1. The van der Waals surface area contributed by atoms with Crippen molar-refractivity contribution in [2.45, 2.75) is 63.7 Å². The normalized spacial score (nSPS) is 20.2. The fourth-order valence-electron chi connectivity index (χ4n) is 3.76. The molecule has 1 fully saturated rings. The lowest BCUT2D eigenvalue weighted by atomic mass is 9.99. The first-order valence-corrected chi connectivity index (χ1v) is 8.72. The molecule has 0 unspecified atom stereocenters. The molecule has 106 valence electrons. The first-order chi connectivity index (χ1) is 9.83. The molecule has 4 heteroatoms. The molecule has 2 aliphatic carbocycles. The molecule has 2 aromatic rings. The number of rotatable bonds is 1. The summed E-state index contributed by atoms with van der Waals surface area (Å²) in [6.45, 7) is 0. The number of nitrogens with two attached hydrogens (primary N) is 1. The topological polar surface area (TPSA) is 51.8 Å². The molecular weight excluding hydrogens is 266 g/mol. The van der Waals surface area contributed by atoms with Gasteiger partial charge in [0, 0.05) is 10.8 Å². The van der Waals surface area contributed by atoms with Crippen molar-refractivity contribution in [3.8, 4) is 0 Å². The summed E-state index contributed by atoms with van der Waals surface area (Å²) in [5, 5.41) is 1.17. The van der Waals surface area contributed by atoms with Crippen molar-refractivity contribution in [3.63, 3.8) is 0 Å². The quantitative estimate of drug-likeness (QED) is 0.800. The predicted molar refractivity (Wildman–Crippen MR) is 84.3 cm³/mol. The maximum Gasteiger partial charge on any atom is 0.136 e. The standard InChI is InChI=1S/C16H21N3S/c17-14-13-11-8-5-9-12(11)20-16(13)19-15(18-14)10-6-3-1-2-4-7-10/h10H,1-9H2,(H2,17,18,19). The molecule has 0 amide bonds. The highest BCUT2D eigenvalue weighted by atomic mass is 32.1. The van der Waals surface area contributed by atoms with Gasteiger partial charge in [-0.15, -0.1) is 11.3 Å². The summed E-state index contributed by atoms with van der Waals surface area (Å²) in [6.07, 6.45) is 11.4. The van der Waals surface area contributed by atoms with Gasteiger partial charge in [-0.05, 0) is 37.7 Å². The zero-order valence-corrected chi connectivity index (χ0v) is 12.6. The van der Waals surface area contributed by atoms with Crippen molar-refractivity contribution in [2.75, 3.05) is 5.73 Å². The highest BCUT2D eigenvalue weighted by molar-refractivity contribution is 7.19. The van der Waals surface area contributed by atoms with Crippen molar-refractivity contribution >= 4 is 27.4 Å². The van der Waals surface area contributed by atoms with Gasteiger partial charge in [-0.3, -0.25) is 0 Å². The number of thiophene rings is 1. The summed E-state index contributed by atoms with van der Waals surface area (Å²) < 4.78 is 0. The molecule has 0 saturated heterocycles. The smallest absolute Gasteiger partial charge is 0.136 e. The minimum atomic E-state index is 0.529. The van der Waals surface area contributed by atoms with Crippen LogP contribution < -0.4 is 5.73 Å². The van der Waals surface area contributed by atoms with Crippen LogP contribution in [0.1, 0.15) is 67.1 Å². The fraction of sp³-hybridized carbons (Fsp3) is 0.625. The van der Waals surface area contributed by atoms with Gasteiger partial charge in [-0.2, -0.15) is 0 Å². The van der Waals surface area contributed by atoms with Crippen LogP contribution in [0.15, 0.2) is 0 Å². The Morgan fingerprint density at radius 2 is 1.75 bits per heavy atom. The van der Waals surface area contributed by atoms with E-state index in [0.717, 1.165) is 22.9 Å². The van der Waals surface area contributed by atoms with E-state index in [2.05, 4.69) is 4.98 Å². The summed E-state index contributed by atoms with van der Waals surface area (Å²) in [7, 11) is 0. The number of nitrogens with zero attached hydrogens (tertiary/aromatic N) is 2. The van der Waals surface area contributed by atoms with Gasteiger partial charge >= 0.3 is 0 Å². The second-order valence-electron chi connectivity index (χ2n) is 6.19. The van der Waals surface area contributed by atoms with Crippen LogP contribution in [-0.2, 0) is 12.8 Å². The lowest BCUT2D eigenvalue weighted by Gasteiger charge is -2.13. The van der Waals surface area contributed by atoms with Crippen molar-refractivity contribution < 1.29 is 0 Å². The first-order valence-electron chi connectivity index (χ1n) is 7.90. The zero-order valence-electron chi connectivity index (χ0n) is 11.8. The van der Waals surface area contributed by atoms with Crippen LogP contribution in [0, 0.1) is 0 Å². The monoisotopic (exact) mass is 287 g/mol. The minimum Gasteiger partial charge on any atom is -0.383 e. The van der Waals surface area contributed by atoms with Gasteiger partial charge in [0.15, 0.2) is 0 Å². The maximum atomic E-state index is 6.28.